The van der Waals surface area contributed by atoms with Crippen LogP contribution in [0, 0.1) is 11.8 Å². The van der Waals surface area contributed by atoms with Crippen LogP contribution in [0.2, 0.25) is 0 Å². The molecule has 0 aromatic rings. The normalized spacial score (nSPS) is 20.4. The van der Waals surface area contributed by atoms with Gasteiger partial charge in [0.2, 0.25) is 0 Å². The van der Waals surface area contributed by atoms with Gasteiger partial charge in [0.15, 0.2) is 0 Å². The van der Waals surface area contributed by atoms with Crippen LogP contribution in [0.3, 0.4) is 0 Å². The molecule has 0 aromatic carbocycles. The van der Waals surface area contributed by atoms with E-state index in [0.717, 1.165) is 26.3 Å². The molecule has 1 heterocycles. The van der Waals surface area contributed by atoms with Gasteiger partial charge >= 0.3 is 0 Å². The first-order chi connectivity index (χ1) is 7.52. The second-order valence-electron chi connectivity index (χ2n) is 5.40. The lowest BCUT2D eigenvalue weighted by Crippen LogP contribution is -2.50. The highest BCUT2D eigenvalue weighted by atomic mass is 16.5. The Morgan fingerprint density at radius 2 is 1.75 bits per heavy atom. The fourth-order valence-corrected chi connectivity index (χ4v) is 2.38. The maximum absolute atomic E-state index is 12.2. The molecule has 1 aliphatic rings. The third-order valence-electron chi connectivity index (χ3n) is 3.01. The van der Waals surface area contributed by atoms with Crippen LogP contribution in [0.4, 0.5) is 0 Å². The number of morpholine rings is 1. The zero-order chi connectivity index (χ0) is 12.1. The second-order valence-corrected chi connectivity index (χ2v) is 5.40. The van der Waals surface area contributed by atoms with Crippen LogP contribution in [0.1, 0.15) is 34.1 Å². The highest BCUT2D eigenvalue weighted by molar-refractivity contribution is 5.84. The lowest BCUT2D eigenvalue weighted by atomic mass is 9.92. The molecule has 1 saturated heterocycles. The number of hydrogen-bond acceptors (Lipinski definition) is 3. The monoisotopic (exact) mass is 227 g/mol. The first-order valence-corrected chi connectivity index (χ1v) is 6.37. The minimum atomic E-state index is 0.0892. The van der Waals surface area contributed by atoms with Crippen LogP contribution in [-0.4, -0.2) is 43.0 Å². The average molecular weight is 227 g/mol. The summed E-state index contributed by atoms with van der Waals surface area (Å²) in [7, 11) is 0. The van der Waals surface area contributed by atoms with E-state index < -0.39 is 0 Å². The van der Waals surface area contributed by atoms with Crippen LogP contribution in [0.5, 0.6) is 0 Å². The van der Waals surface area contributed by atoms with Gasteiger partial charge in [0, 0.05) is 19.5 Å². The van der Waals surface area contributed by atoms with Crippen molar-refractivity contribution in [2.75, 3.05) is 26.3 Å². The number of ether oxygens (including phenoxy) is 1. The lowest BCUT2D eigenvalue weighted by molar-refractivity contribution is -0.128. The summed E-state index contributed by atoms with van der Waals surface area (Å²) in [5.41, 5.74) is 0. The number of ketones is 1. The van der Waals surface area contributed by atoms with Crippen molar-refractivity contribution in [1.29, 1.82) is 0 Å². The molecule has 3 heteroatoms. The Morgan fingerprint density at radius 3 is 2.19 bits per heavy atom. The van der Waals surface area contributed by atoms with Gasteiger partial charge in [-0.15, -0.1) is 0 Å². The van der Waals surface area contributed by atoms with E-state index in [1.165, 1.54) is 0 Å². The zero-order valence-electron chi connectivity index (χ0n) is 11.0. The summed E-state index contributed by atoms with van der Waals surface area (Å²) in [6.45, 7) is 11.8. The van der Waals surface area contributed by atoms with Gasteiger partial charge in [-0.2, -0.15) is 0 Å². The van der Waals surface area contributed by atoms with Crippen molar-refractivity contribution in [2.45, 2.75) is 40.2 Å². The molecule has 94 valence electrons. The van der Waals surface area contributed by atoms with E-state index in [0.29, 0.717) is 24.0 Å². The predicted molar refractivity (Wildman–Crippen MR) is 65.5 cm³/mol. The first-order valence-electron chi connectivity index (χ1n) is 6.37. The molecule has 0 spiro atoms. The number of hydrogen-bond donors (Lipinski definition) is 0. The van der Waals surface area contributed by atoms with Gasteiger partial charge in [0.1, 0.15) is 5.78 Å². The van der Waals surface area contributed by atoms with Gasteiger partial charge < -0.3 is 4.74 Å². The standard InChI is InChI=1S/C13H25NO2/c1-10(2)9-12(15)13(11(3)4)14-5-7-16-8-6-14/h10-11,13H,5-9H2,1-4H3/t13-/m0/s1. The molecule has 1 atom stereocenters. The van der Waals surface area contributed by atoms with Crippen LogP contribution in [0.15, 0.2) is 0 Å². The summed E-state index contributed by atoms with van der Waals surface area (Å²) in [4.78, 5) is 14.5. The smallest absolute Gasteiger partial charge is 0.150 e. The molecular formula is C13H25NO2. The Labute approximate surface area is 99.1 Å². The average Bonchev–Trinajstić information content (AvgIpc) is 2.17. The van der Waals surface area contributed by atoms with Crippen LogP contribution < -0.4 is 0 Å². The number of carbonyl (C=O) groups is 1. The molecule has 0 bridgehead atoms. The van der Waals surface area contributed by atoms with Gasteiger partial charge in [0.05, 0.1) is 19.3 Å². The van der Waals surface area contributed by atoms with E-state index in [4.69, 9.17) is 4.74 Å². The first kappa shape index (κ1) is 13.7. The van der Waals surface area contributed by atoms with E-state index in [-0.39, 0.29) is 6.04 Å². The van der Waals surface area contributed by atoms with E-state index in [2.05, 4.69) is 32.6 Å². The molecule has 0 radical (unpaired) electrons. The predicted octanol–water partition coefficient (Wildman–Crippen LogP) is 1.96. The van der Waals surface area contributed by atoms with Gasteiger partial charge in [-0.25, -0.2) is 0 Å². The third kappa shape index (κ3) is 3.87. The topological polar surface area (TPSA) is 29.5 Å². The Kier molecular flexibility index (Phi) is 5.42. The van der Waals surface area contributed by atoms with E-state index in [9.17, 15) is 4.79 Å². The fourth-order valence-electron chi connectivity index (χ4n) is 2.38. The molecule has 0 N–H and O–H groups in total. The Bertz CT molecular complexity index is 220. The SMILES string of the molecule is CC(C)CC(=O)[C@H](C(C)C)N1CCOCC1. The number of nitrogens with zero attached hydrogens (tertiary/aromatic N) is 1. The zero-order valence-corrected chi connectivity index (χ0v) is 11.0. The van der Waals surface area contributed by atoms with Crippen molar-refractivity contribution in [3.63, 3.8) is 0 Å². The van der Waals surface area contributed by atoms with Crippen molar-refractivity contribution in [2.24, 2.45) is 11.8 Å². The summed E-state index contributed by atoms with van der Waals surface area (Å²) in [6.07, 6.45) is 0.695. The summed E-state index contributed by atoms with van der Waals surface area (Å²) >= 11 is 0. The van der Waals surface area contributed by atoms with Gasteiger partial charge in [-0.3, -0.25) is 9.69 Å². The molecule has 0 unspecified atom stereocenters. The quantitative estimate of drug-likeness (QED) is 0.719. The molecule has 0 amide bonds. The molecule has 0 aliphatic carbocycles. The van der Waals surface area contributed by atoms with Crippen molar-refractivity contribution >= 4 is 5.78 Å². The van der Waals surface area contributed by atoms with Gasteiger partial charge in [-0.05, 0) is 11.8 Å². The van der Waals surface area contributed by atoms with Crippen molar-refractivity contribution < 1.29 is 9.53 Å². The van der Waals surface area contributed by atoms with Crippen molar-refractivity contribution in [3.05, 3.63) is 0 Å². The summed E-state index contributed by atoms with van der Waals surface area (Å²) in [5, 5.41) is 0. The van der Waals surface area contributed by atoms with E-state index >= 15 is 0 Å². The Morgan fingerprint density at radius 1 is 1.19 bits per heavy atom. The number of Topliss-reactive ketones (excluding diaryl/α,β-unsaturated/α-hetero) is 1. The van der Waals surface area contributed by atoms with Crippen LogP contribution >= 0.6 is 0 Å². The third-order valence-corrected chi connectivity index (χ3v) is 3.01. The maximum Gasteiger partial charge on any atom is 0.150 e. The molecule has 16 heavy (non-hydrogen) atoms. The Balaban J connectivity index is 2.61. The molecule has 3 nitrogen and oxygen atoms in total. The van der Waals surface area contributed by atoms with Crippen molar-refractivity contribution in [1.82, 2.24) is 4.90 Å². The largest absolute Gasteiger partial charge is 0.379 e. The highest BCUT2D eigenvalue weighted by Gasteiger charge is 2.29. The minimum Gasteiger partial charge on any atom is -0.379 e. The van der Waals surface area contributed by atoms with Gasteiger partial charge in [0.25, 0.3) is 0 Å². The molecule has 1 aliphatic heterocycles. The lowest BCUT2D eigenvalue weighted by Gasteiger charge is -2.36. The van der Waals surface area contributed by atoms with Crippen molar-refractivity contribution in [3.8, 4) is 0 Å². The second kappa shape index (κ2) is 6.36. The summed E-state index contributed by atoms with van der Waals surface area (Å²) < 4.78 is 5.34. The van der Waals surface area contributed by atoms with E-state index in [1.54, 1.807) is 0 Å². The number of carbonyl (C=O) groups excluding carboxylic acids is 1. The minimum absolute atomic E-state index is 0.0892. The molecular weight excluding hydrogens is 202 g/mol. The fraction of sp³-hybridized carbons (Fsp3) is 0.923. The summed E-state index contributed by atoms with van der Waals surface area (Å²) in [5.74, 6) is 1.24. The maximum atomic E-state index is 12.2. The number of rotatable bonds is 5. The molecule has 0 saturated carbocycles. The molecule has 1 fully saturated rings. The van der Waals surface area contributed by atoms with Gasteiger partial charge in [-0.1, -0.05) is 27.7 Å². The van der Waals surface area contributed by atoms with E-state index in [1.807, 2.05) is 0 Å². The molecule has 0 aromatic heterocycles. The highest BCUT2D eigenvalue weighted by Crippen LogP contribution is 2.17. The van der Waals surface area contributed by atoms with Crippen LogP contribution in [0.25, 0.3) is 0 Å². The molecule has 1 rings (SSSR count). The summed E-state index contributed by atoms with van der Waals surface area (Å²) in [6, 6.07) is 0.0892. The van der Waals surface area contributed by atoms with Crippen LogP contribution in [-0.2, 0) is 9.53 Å². The Hall–Kier alpha value is -0.410.